The molecule has 1 aromatic carbocycles. The van der Waals surface area contributed by atoms with Crippen molar-refractivity contribution in [3.8, 4) is 0 Å². The molecule has 1 heterocycles. The van der Waals surface area contributed by atoms with Gasteiger partial charge in [-0.2, -0.15) is 0 Å². The smallest absolute Gasteiger partial charge is 0.269 e. The van der Waals surface area contributed by atoms with Crippen LogP contribution in [0.3, 0.4) is 0 Å². The fourth-order valence-electron chi connectivity index (χ4n) is 4.73. The van der Waals surface area contributed by atoms with Crippen LogP contribution in [-0.2, 0) is 6.42 Å². The van der Waals surface area contributed by atoms with Gasteiger partial charge in [-0.3, -0.25) is 10.1 Å². The van der Waals surface area contributed by atoms with Crippen LogP contribution in [0.5, 0.6) is 0 Å². The van der Waals surface area contributed by atoms with Crippen LogP contribution >= 0.6 is 11.8 Å². The van der Waals surface area contributed by atoms with Crippen LogP contribution in [0.15, 0.2) is 23.2 Å². The Morgan fingerprint density at radius 3 is 2.77 bits per heavy atom. The topological polar surface area (TPSA) is 58.7 Å². The van der Waals surface area contributed by atoms with Crippen LogP contribution < -0.4 is 0 Å². The molecule has 2 aliphatic rings. The number of amidine groups is 1. The fraction of sp³-hybridized carbons (Fsp3) is 0.650. The van der Waals surface area contributed by atoms with Crippen LogP contribution in [0.2, 0.25) is 0 Å². The van der Waals surface area contributed by atoms with Crippen molar-refractivity contribution in [3.05, 3.63) is 33.9 Å². The van der Waals surface area contributed by atoms with Crippen molar-refractivity contribution in [2.75, 3.05) is 12.8 Å². The Bertz CT molecular complexity index is 741. The Hall–Kier alpha value is -1.56. The molecular formula is C20H29N3O2S. The van der Waals surface area contributed by atoms with E-state index in [9.17, 15) is 10.1 Å². The summed E-state index contributed by atoms with van der Waals surface area (Å²) in [4.78, 5) is 18.0. The second-order valence-corrected chi connectivity index (χ2v) is 9.52. The van der Waals surface area contributed by atoms with E-state index in [1.807, 2.05) is 18.7 Å². The van der Waals surface area contributed by atoms with Gasteiger partial charge < -0.3 is 4.90 Å². The second-order valence-electron chi connectivity index (χ2n) is 8.58. The average molecular weight is 376 g/mol. The number of aliphatic imine (C=N–C) groups is 1. The van der Waals surface area contributed by atoms with Crippen LogP contribution in [0.25, 0.3) is 0 Å². The van der Waals surface area contributed by atoms with E-state index in [-0.39, 0.29) is 21.6 Å². The summed E-state index contributed by atoms with van der Waals surface area (Å²) >= 11 is 1.83. The summed E-state index contributed by atoms with van der Waals surface area (Å²) in [6, 6.07) is 5.00. The number of nitro benzene ring substituents is 1. The second kappa shape index (κ2) is 6.87. The third-order valence-corrected chi connectivity index (χ3v) is 7.34. The van der Waals surface area contributed by atoms with E-state index in [4.69, 9.17) is 4.99 Å². The van der Waals surface area contributed by atoms with Gasteiger partial charge >= 0.3 is 0 Å². The van der Waals surface area contributed by atoms with E-state index in [1.165, 1.54) is 19.3 Å². The molecule has 6 heteroatoms. The summed E-state index contributed by atoms with van der Waals surface area (Å²) in [7, 11) is 2.18. The van der Waals surface area contributed by atoms with Gasteiger partial charge in [0.1, 0.15) is 0 Å². The van der Waals surface area contributed by atoms with Gasteiger partial charge in [0.05, 0.1) is 16.1 Å². The Morgan fingerprint density at radius 1 is 1.42 bits per heavy atom. The predicted octanol–water partition coefficient (Wildman–Crippen LogP) is 5.41. The SMILES string of the molecule is CCc1cc([N+](=O)[O-])ccc1N=C1SCC2(CCCC2C(C)(C)C)N1C. The van der Waals surface area contributed by atoms with Gasteiger partial charge in [0.15, 0.2) is 5.17 Å². The van der Waals surface area contributed by atoms with E-state index < -0.39 is 0 Å². The van der Waals surface area contributed by atoms with Crippen molar-refractivity contribution < 1.29 is 4.92 Å². The number of thioether (sulfide) groups is 1. The molecule has 1 aliphatic carbocycles. The molecule has 0 radical (unpaired) electrons. The molecule has 1 saturated heterocycles. The summed E-state index contributed by atoms with van der Waals surface area (Å²) in [5, 5.41) is 12.1. The van der Waals surface area contributed by atoms with Gasteiger partial charge in [-0.1, -0.05) is 45.9 Å². The van der Waals surface area contributed by atoms with Crippen molar-refractivity contribution in [1.82, 2.24) is 4.90 Å². The summed E-state index contributed by atoms with van der Waals surface area (Å²) in [5.74, 6) is 1.74. The van der Waals surface area contributed by atoms with Crippen molar-refractivity contribution in [2.24, 2.45) is 16.3 Å². The minimum Gasteiger partial charge on any atom is -0.347 e. The van der Waals surface area contributed by atoms with Crippen molar-refractivity contribution in [3.63, 3.8) is 0 Å². The number of benzene rings is 1. The zero-order valence-corrected chi connectivity index (χ0v) is 17.2. The molecular weight excluding hydrogens is 346 g/mol. The quantitative estimate of drug-likeness (QED) is 0.524. The van der Waals surface area contributed by atoms with E-state index in [0.29, 0.717) is 5.92 Å². The standard InChI is InChI=1S/C20H29N3O2S/c1-6-14-12-15(23(24)25)9-10-16(14)21-18-22(5)20(13-26-18)11-7-8-17(20)19(2,3)4/h9-10,12,17H,6-8,11,13H2,1-5H3. The van der Waals surface area contributed by atoms with Gasteiger partial charge in [-0.25, -0.2) is 4.99 Å². The maximum atomic E-state index is 11.0. The zero-order chi connectivity index (χ0) is 19.1. The molecule has 26 heavy (non-hydrogen) atoms. The minimum atomic E-state index is -0.339. The first-order valence-electron chi connectivity index (χ1n) is 9.41. The van der Waals surface area contributed by atoms with Gasteiger partial charge in [-0.15, -0.1) is 0 Å². The van der Waals surface area contributed by atoms with Crippen LogP contribution in [0.4, 0.5) is 11.4 Å². The molecule has 0 amide bonds. The molecule has 1 aliphatic heterocycles. The number of hydrogen-bond donors (Lipinski definition) is 0. The first-order valence-corrected chi connectivity index (χ1v) is 10.4. The molecule has 2 atom stereocenters. The summed E-state index contributed by atoms with van der Waals surface area (Å²) in [5.41, 5.74) is 2.39. The third-order valence-electron chi connectivity index (χ3n) is 6.07. The Balaban J connectivity index is 1.93. The third kappa shape index (κ3) is 3.24. The summed E-state index contributed by atoms with van der Waals surface area (Å²) in [6.45, 7) is 9.07. The normalized spacial score (nSPS) is 27.7. The van der Waals surface area contributed by atoms with Crippen molar-refractivity contribution >= 4 is 28.3 Å². The fourth-order valence-corrected chi connectivity index (χ4v) is 6.19. The lowest BCUT2D eigenvalue weighted by atomic mass is 9.71. The number of nitrogens with zero attached hydrogens (tertiary/aromatic N) is 3. The minimum absolute atomic E-state index is 0.137. The molecule has 0 N–H and O–H groups in total. The lowest BCUT2D eigenvalue weighted by molar-refractivity contribution is -0.384. The van der Waals surface area contributed by atoms with Gasteiger partial charge in [0.2, 0.25) is 0 Å². The van der Waals surface area contributed by atoms with Gasteiger partial charge in [-0.05, 0) is 42.2 Å². The van der Waals surface area contributed by atoms with Crippen molar-refractivity contribution in [2.45, 2.75) is 58.9 Å². The molecule has 0 aromatic heterocycles. The lowest BCUT2D eigenvalue weighted by Crippen LogP contribution is -2.51. The first kappa shape index (κ1) is 19.2. The highest BCUT2D eigenvalue weighted by molar-refractivity contribution is 8.14. The van der Waals surface area contributed by atoms with E-state index in [2.05, 4.69) is 32.7 Å². The van der Waals surface area contributed by atoms with E-state index in [0.717, 1.165) is 28.6 Å². The van der Waals surface area contributed by atoms with Crippen molar-refractivity contribution in [1.29, 1.82) is 0 Å². The molecule has 1 spiro atoms. The maximum absolute atomic E-state index is 11.0. The van der Waals surface area contributed by atoms with Crippen LogP contribution in [-0.4, -0.2) is 33.3 Å². The largest absolute Gasteiger partial charge is 0.347 e. The number of non-ortho nitro benzene ring substituents is 1. The lowest BCUT2D eigenvalue weighted by Gasteiger charge is -2.44. The van der Waals surface area contributed by atoms with E-state index >= 15 is 0 Å². The molecule has 1 aromatic rings. The average Bonchev–Trinajstić information content (AvgIpc) is 3.15. The van der Waals surface area contributed by atoms with E-state index in [1.54, 1.807) is 18.2 Å². The van der Waals surface area contributed by atoms with Crippen LogP contribution in [0.1, 0.15) is 52.5 Å². The monoisotopic (exact) mass is 375 g/mol. The number of rotatable bonds is 3. The highest BCUT2D eigenvalue weighted by atomic mass is 32.2. The Labute approximate surface area is 160 Å². The molecule has 0 bridgehead atoms. The van der Waals surface area contributed by atoms with Gasteiger partial charge in [0, 0.05) is 24.9 Å². The Morgan fingerprint density at radius 2 is 2.15 bits per heavy atom. The molecule has 1 saturated carbocycles. The highest BCUT2D eigenvalue weighted by Crippen LogP contribution is 2.53. The molecule has 142 valence electrons. The summed E-state index contributed by atoms with van der Waals surface area (Å²) in [6.07, 6.45) is 4.51. The van der Waals surface area contributed by atoms with Gasteiger partial charge in [0.25, 0.3) is 5.69 Å². The summed E-state index contributed by atoms with van der Waals surface area (Å²) < 4.78 is 0. The first-order chi connectivity index (χ1) is 12.2. The Kier molecular flexibility index (Phi) is 5.08. The highest BCUT2D eigenvalue weighted by Gasteiger charge is 2.54. The molecule has 3 rings (SSSR count). The molecule has 2 unspecified atom stereocenters. The van der Waals surface area contributed by atoms with Crippen LogP contribution in [0, 0.1) is 21.4 Å². The zero-order valence-electron chi connectivity index (χ0n) is 16.4. The maximum Gasteiger partial charge on any atom is 0.269 e. The molecule has 2 fully saturated rings. The number of nitro groups is 1. The predicted molar refractivity (Wildman–Crippen MR) is 109 cm³/mol. The molecule has 5 nitrogen and oxygen atoms in total. The number of hydrogen-bond acceptors (Lipinski definition) is 4. The number of aryl methyl sites for hydroxylation is 1.